The fourth-order valence-corrected chi connectivity index (χ4v) is 4.57. The van der Waals surface area contributed by atoms with Crippen molar-refractivity contribution < 1.29 is 23.9 Å². The zero-order valence-electron chi connectivity index (χ0n) is 17.0. The molecule has 5 rings (SSSR count). The molecule has 160 valence electrons. The highest BCUT2D eigenvalue weighted by molar-refractivity contribution is 6.09. The van der Waals surface area contributed by atoms with Crippen molar-refractivity contribution in [1.29, 1.82) is 0 Å². The summed E-state index contributed by atoms with van der Waals surface area (Å²) in [5.41, 5.74) is 1.67. The molecule has 1 unspecified atom stereocenters. The molecule has 2 aliphatic heterocycles. The summed E-state index contributed by atoms with van der Waals surface area (Å²) in [4.78, 5) is 39.6. The number of urea groups is 1. The highest BCUT2D eigenvalue weighted by Crippen LogP contribution is 2.39. The van der Waals surface area contributed by atoms with Crippen molar-refractivity contribution in [2.24, 2.45) is 0 Å². The molecular weight excluding hydrogens is 398 g/mol. The number of hydrogen-bond donors (Lipinski definition) is 2. The number of nitrogens with zero attached hydrogens (tertiary/aromatic N) is 1. The fraction of sp³-hybridized carbons (Fsp3) is 0.348. The molecule has 8 nitrogen and oxygen atoms in total. The molecule has 31 heavy (non-hydrogen) atoms. The first-order valence-corrected chi connectivity index (χ1v) is 10.4. The van der Waals surface area contributed by atoms with Gasteiger partial charge < -0.3 is 20.1 Å². The Kier molecular flexibility index (Phi) is 4.77. The number of imide groups is 1. The van der Waals surface area contributed by atoms with E-state index in [4.69, 9.17) is 9.47 Å². The van der Waals surface area contributed by atoms with Gasteiger partial charge in [0.05, 0.1) is 0 Å². The maximum Gasteiger partial charge on any atom is 0.325 e. The Bertz CT molecular complexity index is 1070. The van der Waals surface area contributed by atoms with E-state index in [1.165, 1.54) is 0 Å². The molecule has 0 bridgehead atoms. The Hall–Kier alpha value is -3.55. The molecule has 2 aromatic carbocycles. The maximum absolute atomic E-state index is 13.4. The summed E-state index contributed by atoms with van der Waals surface area (Å²) in [6, 6.07) is 12.6. The summed E-state index contributed by atoms with van der Waals surface area (Å²) in [5, 5.41) is 5.67. The molecule has 1 aliphatic carbocycles. The van der Waals surface area contributed by atoms with Crippen LogP contribution in [0.25, 0.3) is 0 Å². The Labute approximate surface area is 179 Å². The number of carbonyl (C=O) groups excluding carboxylic acids is 3. The van der Waals surface area contributed by atoms with Crippen LogP contribution >= 0.6 is 0 Å². The highest BCUT2D eigenvalue weighted by atomic mass is 16.7. The summed E-state index contributed by atoms with van der Waals surface area (Å²) in [7, 11) is 0. The quantitative estimate of drug-likeness (QED) is 0.738. The zero-order chi connectivity index (χ0) is 21.4. The van der Waals surface area contributed by atoms with Crippen LogP contribution in [0.2, 0.25) is 0 Å². The summed E-state index contributed by atoms with van der Waals surface area (Å²) in [6.45, 7) is 0.119. The second-order valence-corrected chi connectivity index (χ2v) is 8.06. The summed E-state index contributed by atoms with van der Waals surface area (Å²) in [5.74, 6) is 0.545. The number of amides is 4. The number of ether oxygens (including phenoxy) is 2. The highest BCUT2D eigenvalue weighted by Gasteiger charge is 2.53. The Morgan fingerprint density at radius 3 is 2.84 bits per heavy atom. The lowest BCUT2D eigenvalue weighted by Gasteiger charge is -2.27. The molecule has 2 heterocycles. The van der Waals surface area contributed by atoms with Crippen molar-refractivity contribution in [2.45, 2.75) is 37.8 Å². The van der Waals surface area contributed by atoms with Crippen molar-refractivity contribution in [3.05, 3.63) is 59.2 Å². The number of fused-ring (bicyclic) bond motifs is 3. The first-order chi connectivity index (χ1) is 15.1. The molecule has 0 saturated carbocycles. The first kappa shape index (κ1) is 19.4. The third-order valence-electron chi connectivity index (χ3n) is 6.13. The molecule has 1 spiro atoms. The van der Waals surface area contributed by atoms with E-state index in [2.05, 4.69) is 10.6 Å². The molecule has 0 radical (unpaired) electrons. The molecule has 1 fully saturated rings. The first-order valence-electron chi connectivity index (χ1n) is 10.4. The summed E-state index contributed by atoms with van der Waals surface area (Å²) < 4.78 is 10.6. The molecule has 3 aliphatic rings. The molecule has 2 N–H and O–H groups in total. The molecule has 1 saturated heterocycles. The van der Waals surface area contributed by atoms with Crippen LogP contribution in [0.4, 0.5) is 4.79 Å². The largest absolute Gasteiger partial charge is 0.454 e. The van der Waals surface area contributed by atoms with Crippen LogP contribution in [-0.2, 0) is 28.1 Å². The van der Waals surface area contributed by atoms with Gasteiger partial charge >= 0.3 is 6.03 Å². The number of rotatable bonds is 4. The van der Waals surface area contributed by atoms with E-state index in [1.54, 1.807) is 12.1 Å². The standard InChI is InChI=1S/C23H23N3O5/c27-20(24-12-15-8-9-18-19(11-15)31-14-30-18)13-26-21(28)23(25-22(26)29)10-4-3-6-16-5-1-2-7-17(16)23/h1-2,5,7-9,11H,3-4,6,10,12-14H2,(H,24,27)(H,25,29). The number of aryl methyl sites for hydroxylation is 1. The average Bonchev–Trinajstić information content (AvgIpc) is 3.27. The van der Waals surface area contributed by atoms with Gasteiger partial charge in [-0.25, -0.2) is 4.79 Å². The van der Waals surface area contributed by atoms with Gasteiger partial charge in [0.25, 0.3) is 5.91 Å². The van der Waals surface area contributed by atoms with Gasteiger partial charge in [0.15, 0.2) is 11.5 Å². The van der Waals surface area contributed by atoms with Gasteiger partial charge in [-0.15, -0.1) is 0 Å². The van der Waals surface area contributed by atoms with Gasteiger partial charge in [-0.2, -0.15) is 0 Å². The van der Waals surface area contributed by atoms with Crippen LogP contribution in [0, 0.1) is 0 Å². The van der Waals surface area contributed by atoms with Crippen LogP contribution in [0.15, 0.2) is 42.5 Å². The van der Waals surface area contributed by atoms with E-state index in [-0.39, 0.29) is 25.8 Å². The van der Waals surface area contributed by atoms with Crippen LogP contribution in [0.1, 0.15) is 36.0 Å². The minimum absolute atomic E-state index is 0.183. The van der Waals surface area contributed by atoms with Gasteiger partial charge in [0.2, 0.25) is 12.7 Å². The zero-order valence-corrected chi connectivity index (χ0v) is 17.0. The van der Waals surface area contributed by atoms with Crippen LogP contribution < -0.4 is 20.1 Å². The SMILES string of the molecule is O=C(CN1C(=O)NC2(CCCCc3ccccc32)C1=O)NCc1ccc2c(c1)OCO2. The average molecular weight is 421 g/mol. The lowest BCUT2D eigenvalue weighted by molar-refractivity contribution is -0.135. The summed E-state index contributed by atoms with van der Waals surface area (Å²) in [6.07, 6.45) is 3.18. The van der Waals surface area contributed by atoms with Gasteiger partial charge in [-0.05, 0) is 54.5 Å². The van der Waals surface area contributed by atoms with Crippen molar-refractivity contribution in [3.63, 3.8) is 0 Å². The van der Waals surface area contributed by atoms with Gasteiger partial charge in [0, 0.05) is 6.54 Å². The van der Waals surface area contributed by atoms with Crippen LogP contribution in [0.3, 0.4) is 0 Å². The molecule has 0 aromatic heterocycles. The smallest absolute Gasteiger partial charge is 0.325 e. The van der Waals surface area contributed by atoms with Gasteiger partial charge in [-0.3, -0.25) is 14.5 Å². The van der Waals surface area contributed by atoms with Crippen molar-refractivity contribution in [1.82, 2.24) is 15.5 Å². The van der Waals surface area contributed by atoms with Gasteiger partial charge in [0.1, 0.15) is 12.1 Å². The second kappa shape index (κ2) is 7.61. The molecular formula is C23H23N3O5. The topological polar surface area (TPSA) is 97.0 Å². The number of hydrogen-bond acceptors (Lipinski definition) is 5. The molecule has 1 atom stereocenters. The monoisotopic (exact) mass is 421 g/mol. The Morgan fingerprint density at radius 1 is 1.10 bits per heavy atom. The minimum atomic E-state index is -1.08. The Balaban J connectivity index is 1.29. The predicted octanol–water partition coefficient (Wildman–Crippen LogP) is 2.21. The summed E-state index contributed by atoms with van der Waals surface area (Å²) >= 11 is 0. The second-order valence-electron chi connectivity index (χ2n) is 8.06. The van der Waals surface area contributed by atoms with Crippen molar-refractivity contribution >= 4 is 17.8 Å². The van der Waals surface area contributed by atoms with Gasteiger partial charge in [-0.1, -0.05) is 30.3 Å². The maximum atomic E-state index is 13.4. The Morgan fingerprint density at radius 2 is 1.94 bits per heavy atom. The van der Waals surface area contributed by atoms with E-state index in [0.29, 0.717) is 17.9 Å². The lowest BCUT2D eigenvalue weighted by Crippen LogP contribution is -2.45. The van der Waals surface area contributed by atoms with E-state index in [9.17, 15) is 14.4 Å². The molecule has 4 amide bonds. The number of carbonyl (C=O) groups is 3. The normalized spacial score (nSPS) is 21.6. The third kappa shape index (κ3) is 3.37. The van der Waals surface area contributed by atoms with Crippen LogP contribution in [0.5, 0.6) is 11.5 Å². The molecule has 2 aromatic rings. The van der Waals surface area contributed by atoms with E-state index in [1.807, 2.05) is 30.3 Å². The lowest BCUT2D eigenvalue weighted by atomic mass is 9.84. The van der Waals surface area contributed by atoms with E-state index in [0.717, 1.165) is 40.9 Å². The van der Waals surface area contributed by atoms with Crippen molar-refractivity contribution in [2.75, 3.05) is 13.3 Å². The number of nitrogens with one attached hydrogen (secondary N) is 2. The minimum Gasteiger partial charge on any atom is -0.454 e. The predicted molar refractivity (Wildman–Crippen MR) is 110 cm³/mol. The van der Waals surface area contributed by atoms with E-state index >= 15 is 0 Å². The molecule has 8 heteroatoms. The van der Waals surface area contributed by atoms with Crippen LogP contribution in [-0.4, -0.2) is 36.1 Å². The van der Waals surface area contributed by atoms with E-state index < -0.39 is 17.5 Å². The third-order valence-corrected chi connectivity index (χ3v) is 6.13. The van der Waals surface area contributed by atoms with Crippen molar-refractivity contribution in [3.8, 4) is 11.5 Å². The fourth-order valence-electron chi connectivity index (χ4n) is 4.57. The number of benzene rings is 2.